The van der Waals surface area contributed by atoms with E-state index in [1.54, 1.807) is 31.4 Å². The van der Waals surface area contributed by atoms with E-state index in [0.29, 0.717) is 31.9 Å². The highest BCUT2D eigenvalue weighted by atomic mass is 16.5. The monoisotopic (exact) mass is 341 g/mol. The zero-order valence-corrected chi connectivity index (χ0v) is 14.6. The van der Waals surface area contributed by atoms with Gasteiger partial charge in [-0.2, -0.15) is 0 Å². The average Bonchev–Trinajstić information content (AvgIpc) is 2.67. The maximum absolute atomic E-state index is 12.6. The number of ether oxygens (including phenoxy) is 3. The summed E-state index contributed by atoms with van der Waals surface area (Å²) in [6, 6.07) is 15.1. The lowest BCUT2D eigenvalue weighted by Crippen LogP contribution is -2.47. The summed E-state index contributed by atoms with van der Waals surface area (Å²) in [4.78, 5) is 14.5. The number of hydrogen-bond donors (Lipinski definition) is 0. The predicted molar refractivity (Wildman–Crippen MR) is 95.3 cm³/mol. The number of carbonyl (C=O) groups excluding carboxylic acids is 1. The lowest BCUT2D eigenvalue weighted by Gasteiger charge is -2.33. The van der Waals surface area contributed by atoms with Gasteiger partial charge >= 0.3 is 0 Å². The first kappa shape index (κ1) is 17.3. The van der Waals surface area contributed by atoms with Gasteiger partial charge in [0.25, 0.3) is 5.91 Å². The number of rotatable bonds is 5. The molecule has 1 heterocycles. The largest absolute Gasteiger partial charge is 0.497 e. The summed E-state index contributed by atoms with van der Waals surface area (Å²) in [5.74, 6) is 1.56. The first-order valence-electron chi connectivity index (χ1n) is 8.40. The van der Waals surface area contributed by atoms with Gasteiger partial charge in [0, 0.05) is 12.1 Å². The molecular formula is C20H23NO4. The van der Waals surface area contributed by atoms with E-state index in [0.717, 1.165) is 11.5 Å². The third-order valence-electron chi connectivity index (χ3n) is 4.22. The normalized spacial score (nSPS) is 17.2. The number of amides is 1. The third kappa shape index (κ3) is 4.51. The molecule has 0 spiro atoms. The van der Waals surface area contributed by atoms with Gasteiger partial charge < -0.3 is 19.1 Å². The van der Waals surface area contributed by atoms with E-state index in [1.165, 1.54) is 5.56 Å². The molecule has 5 nitrogen and oxygen atoms in total. The molecule has 132 valence electrons. The maximum Gasteiger partial charge on any atom is 0.254 e. The first-order valence-corrected chi connectivity index (χ1v) is 8.40. The molecule has 25 heavy (non-hydrogen) atoms. The van der Waals surface area contributed by atoms with Gasteiger partial charge in [-0.3, -0.25) is 4.79 Å². The molecule has 1 aliphatic rings. The van der Waals surface area contributed by atoms with Crippen LogP contribution in [0.1, 0.15) is 15.9 Å². The number of methoxy groups -OCH3 is 1. The second-order valence-electron chi connectivity index (χ2n) is 6.10. The molecule has 1 aliphatic heterocycles. The molecule has 2 aromatic carbocycles. The Hall–Kier alpha value is -2.53. The van der Waals surface area contributed by atoms with Crippen molar-refractivity contribution >= 4 is 5.91 Å². The summed E-state index contributed by atoms with van der Waals surface area (Å²) < 4.78 is 16.7. The minimum Gasteiger partial charge on any atom is -0.497 e. The third-order valence-corrected chi connectivity index (χ3v) is 4.22. The van der Waals surface area contributed by atoms with E-state index >= 15 is 0 Å². The molecular weight excluding hydrogens is 318 g/mol. The number of hydrogen-bond acceptors (Lipinski definition) is 4. The van der Waals surface area contributed by atoms with Crippen molar-refractivity contribution in [1.29, 1.82) is 0 Å². The Labute approximate surface area is 148 Å². The molecule has 1 atom stereocenters. The highest BCUT2D eigenvalue weighted by molar-refractivity contribution is 5.94. The van der Waals surface area contributed by atoms with Gasteiger partial charge in [0.15, 0.2) is 0 Å². The smallest absolute Gasteiger partial charge is 0.254 e. The fraction of sp³-hybridized carbons (Fsp3) is 0.350. The van der Waals surface area contributed by atoms with Crippen molar-refractivity contribution < 1.29 is 19.0 Å². The van der Waals surface area contributed by atoms with E-state index < -0.39 is 0 Å². The molecule has 0 radical (unpaired) electrons. The molecule has 1 amide bonds. The van der Waals surface area contributed by atoms with Crippen molar-refractivity contribution in [2.24, 2.45) is 0 Å². The van der Waals surface area contributed by atoms with Crippen molar-refractivity contribution in [2.75, 3.05) is 33.4 Å². The van der Waals surface area contributed by atoms with E-state index in [-0.39, 0.29) is 12.0 Å². The Bertz CT molecular complexity index is 697. The highest BCUT2D eigenvalue weighted by Crippen LogP contribution is 2.16. The molecule has 1 saturated heterocycles. The fourth-order valence-corrected chi connectivity index (χ4v) is 2.74. The lowest BCUT2D eigenvalue weighted by atomic mass is 10.1. The van der Waals surface area contributed by atoms with Crippen LogP contribution >= 0.6 is 0 Å². The van der Waals surface area contributed by atoms with E-state index in [4.69, 9.17) is 14.2 Å². The van der Waals surface area contributed by atoms with Gasteiger partial charge in [-0.1, -0.05) is 17.7 Å². The van der Waals surface area contributed by atoms with Crippen LogP contribution < -0.4 is 9.47 Å². The molecule has 5 heteroatoms. The quantitative estimate of drug-likeness (QED) is 0.839. The summed E-state index contributed by atoms with van der Waals surface area (Å²) in [5, 5.41) is 0. The topological polar surface area (TPSA) is 48.0 Å². The van der Waals surface area contributed by atoms with Crippen molar-refractivity contribution in [3.05, 3.63) is 59.7 Å². The number of morpholine rings is 1. The van der Waals surface area contributed by atoms with Crippen LogP contribution in [0, 0.1) is 6.92 Å². The minimum atomic E-state index is -0.128. The number of benzene rings is 2. The number of carbonyl (C=O) groups is 1. The Morgan fingerprint density at radius 2 is 1.80 bits per heavy atom. The van der Waals surface area contributed by atoms with Crippen molar-refractivity contribution in [1.82, 2.24) is 4.90 Å². The minimum absolute atomic E-state index is 0.00582. The van der Waals surface area contributed by atoms with E-state index in [1.807, 2.05) is 36.1 Å². The standard InChI is InChI=1S/C20H23NO4/c1-15-3-7-18(8-4-15)25-14-19-13-21(11-12-24-19)20(22)16-5-9-17(23-2)10-6-16/h3-10,19H,11-14H2,1-2H3. The average molecular weight is 341 g/mol. The van der Waals surface area contributed by atoms with E-state index in [9.17, 15) is 4.79 Å². The summed E-state index contributed by atoms with van der Waals surface area (Å²) in [6.07, 6.45) is -0.128. The van der Waals surface area contributed by atoms with Crippen LogP contribution in [0.25, 0.3) is 0 Å². The molecule has 0 saturated carbocycles. The van der Waals surface area contributed by atoms with Crippen LogP contribution in [0.5, 0.6) is 11.5 Å². The van der Waals surface area contributed by atoms with Gasteiger partial charge in [-0.25, -0.2) is 0 Å². The molecule has 3 rings (SSSR count). The van der Waals surface area contributed by atoms with E-state index in [2.05, 4.69) is 0 Å². The second kappa shape index (κ2) is 8.03. The van der Waals surface area contributed by atoms with Gasteiger partial charge in [0.1, 0.15) is 24.2 Å². The SMILES string of the molecule is COc1ccc(C(=O)N2CCOC(COc3ccc(C)cc3)C2)cc1. The van der Waals surface area contributed by atoms with Crippen LogP contribution in [0.3, 0.4) is 0 Å². The molecule has 0 bridgehead atoms. The molecule has 0 N–H and O–H groups in total. The van der Waals surface area contributed by atoms with Gasteiger partial charge in [-0.05, 0) is 43.3 Å². The number of nitrogens with zero attached hydrogens (tertiary/aromatic N) is 1. The van der Waals surface area contributed by atoms with Crippen LogP contribution in [-0.4, -0.2) is 50.3 Å². The van der Waals surface area contributed by atoms with Crippen LogP contribution in [0.15, 0.2) is 48.5 Å². The Morgan fingerprint density at radius 1 is 1.12 bits per heavy atom. The Balaban J connectivity index is 1.56. The van der Waals surface area contributed by atoms with Crippen molar-refractivity contribution in [2.45, 2.75) is 13.0 Å². The molecule has 1 unspecified atom stereocenters. The summed E-state index contributed by atoms with van der Waals surface area (Å²) in [6.45, 7) is 4.10. The lowest BCUT2D eigenvalue weighted by molar-refractivity contribution is -0.0401. The summed E-state index contributed by atoms with van der Waals surface area (Å²) >= 11 is 0. The highest BCUT2D eigenvalue weighted by Gasteiger charge is 2.25. The molecule has 0 aliphatic carbocycles. The van der Waals surface area contributed by atoms with Crippen LogP contribution in [-0.2, 0) is 4.74 Å². The maximum atomic E-state index is 12.6. The second-order valence-corrected chi connectivity index (χ2v) is 6.10. The molecule has 2 aromatic rings. The van der Waals surface area contributed by atoms with Crippen molar-refractivity contribution in [3.63, 3.8) is 0 Å². The predicted octanol–water partition coefficient (Wildman–Crippen LogP) is 2.92. The first-order chi connectivity index (χ1) is 12.2. The van der Waals surface area contributed by atoms with Crippen molar-refractivity contribution in [3.8, 4) is 11.5 Å². The van der Waals surface area contributed by atoms with Crippen LogP contribution in [0.4, 0.5) is 0 Å². The van der Waals surface area contributed by atoms with Gasteiger partial charge in [0.2, 0.25) is 0 Å². The number of aryl methyl sites for hydroxylation is 1. The summed E-state index contributed by atoms with van der Waals surface area (Å²) in [5.41, 5.74) is 1.85. The van der Waals surface area contributed by atoms with Gasteiger partial charge in [0.05, 0.1) is 20.3 Å². The molecule has 0 aromatic heterocycles. The Kier molecular flexibility index (Phi) is 5.56. The summed E-state index contributed by atoms with van der Waals surface area (Å²) in [7, 11) is 1.61. The molecule has 1 fully saturated rings. The zero-order chi connectivity index (χ0) is 17.6. The zero-order valence-electron chi connectivity index (χ0n) is 14.6. The fourth-order valence-electron chi connectivity index (χ4n) is 2.74. The Morgan fingerprint density at radius 3 is 2.48 bits per heavy atom. The van der Waals surface area contributed by atoms with Gasteiger partial charge in [-0.15, -0.1) is 0 Å². The van der Waals surface area contributed by atoms with Crippen LogP contribution in [0.2, 0.25) is 0 Å².